The van der Waals surface area contributed by atoms with E-state index < -0.39 is 0 Å². The minimum absolute atomic E-state index is 0.260. The van der Waals surface area contributed by atoms with Gasteiger partial charge in [-0.05, 0) is 55.4 Å². The Morgan fingerprint density at radius 1 is 1.07 bits per heavy atom. The number of hydrogen-bond donors (Lipinski definition) is 1. The Morgan fingerprint density at radius 3 is 2.38 bits per heavy atom. The smallest absolute Gasteiger partial charge is 0.274 e. The van der Waals surface area contributed by atoms with Crippen LogP contribution in [0.2, 0.25) is 0 Å². The molecule has 0 saturated carbocycles. The summed E-state index contributed by atoms with van der Waals surface area (Å²) in [5, 5.41) is 11.0. The van der Waals surface area contributed by atoms with Crippen LogP contribution >= 0.6 is 0 Å². The molecule has 3 aromatic rings. The van der Waals surface area contributed by atoms with E-state index in [2.05, 4.69) is 40.4 Å². The molecule has 3 rings (SSSR count). The third-order valence-corrected chi connectivity index (χ3v) is 5.03. The van der Waals surface area contributed by atoms with Gasteiger partial charge in [0.2, 0.25) is 0 Å². The van der Waals surface area contributed by atoms with Gasteiger partial charge in [-0.1, -0.05) is 43.3 Å². The summed E-state index contributed by atoms with van der Waals surface area (Å²) in [5.74, 6) is -0.610. The molecule has 0 aliphatic heterocycles. The first-order chi connectivity index (χ1) is 14.0. The Balaban J connectivity index is 1.72. The normalized spacial score (nSPS) is 11.1. The Hall–Kier alpha value is -3.06. The van der Waals surface area contributed by atoms with Crippen LogP contribution in [0, 0.1) is 12.7 Å². The summed E-state index contributed by atoms with van der Waals surface area (Å²) in [4.78, 5) is 15.0. The molecule has 152 valence electrons. The fourth-order valence-corrected chi connectivity index (χ4v) is 3.20. The number of carbonyl (C=O) groups is 1. The molecule has 7 heteroatoms. The number of nitrogens with one attached hydrogen (secondary N) is 1. The topological polar surface area (TPSA) is 63.1 Å². The molecule has 0 bridgehead atoms. The van der Waals surface area contributed by atoms with Gasteiger partial charge in [0.15, 0.2) is 5.69 Å². The molecule has 0 saturated heterocycles. The molecule has 1 heterocycles. The molecule has 0 unspecified atom stereocenters. The Bertz CT molecular complexity index is 964. The molecule has 1 aromatic heterocycles. The van der Waals surface area contributed by atoms with E-state index in [9.17, 15) is 9.18 Å². The summed E-state index contributed by atoms with van der Waals surface area (Å²) in [6.45, 7) is 9.26. The molecule has 0 aliphatic carbocycles. The van der Waals surface area contributed by atoms with E-state index in [0.29, 0.717) is 17.9 Å². The number of rotatable bonds is 8. The van der Waals surface area contributed by atoms with Gasteiger partial charge in [0.05, 0.1) is 11.4 Å². The lowest BCUT2D eigenvalue weighted by molar-refractivity contribution is 0.0945. The summed E-state index contributed by atoms with van der Waals surface area (Å²) in [5.41, 5.74) is 3.79. The number of halogens is 1. The maximum absolute atomic E-state index is 13.1. The van der Waals surface area contributed by atoms with Crippen molar-refractivity contribution in [2.45, 2.75) is 33.9 Å². The average molecular weight is 395 g/mol. The van der Waals surface area contributed by atoms with Crippen LogP contribution in [0.15, 0.2) is 48.5 Å². The fourth-order valence-electron chi connectivity index (χ4n) is 3.20. The quantitative estimate of drug-likeness (QED) is 0.634. The van der Waals surface area contributed by atoms with Gasteiger partial charge < -0.3 is 5.32 Å². The fraction of sp³-hybridized carbons (Fsp3) is 0.318. The summed E-state index contributed by atoms with van der Waals surface area (Å²) in [6, 6.07) is 14.0. The lowest BCUT2D eigenvalue weighted by Gasteiger charge is -2.20. The largest absolute Gasteiger partial charge is 0.346 e. The second-order valence-corrected chi connectivity index (χ2v) is 6.82. The van der Waals surface area contributed by atoms with E-state index in [4.69, 9.17) is 0 Å². The van der Waals surface area contributed by atoms with E-state index in [0.717, 1.165) is 25.2 Å². The minimum Gasteiger partial charge on any atom is -0.346 e. The number of aromatic nitrogens is 3. The van der Waals surface area contributed by atoms with Gasteiger partial charge in [0.1, 0.15) is 5.82 Å². The van der Waals surface area contributed by atoms with Crippen molar-refractivity contribution in [3.8, 4) is 5.69 Å². The van der Waals surface area contributed by atoms with Crippen LogP contribution in [-0.2, 0) is 13.1 Å². The van der Waals surface area contributed by atoms with Gasteiger partial charge >= 0.3 is 0 Å². The SMILES string of the molecule is CCN(CC)Cc1ccccc1CNC(=O)c1nnn(-c2ccc(F)cc2)c1C. The molecular weight excluding hydrogens is 369 g/mol. The first kappa shape index (κ1) is 20.7. The zero-order chi connectivity index (χ0) is 20.8. The van der Waals surface area contributed by atoms with Crippen molar-refractivity contribution >= 4 is 5.91 Å². The van der Waals surface area contributed by atoms with E-state index in [1.54, 1.807) is 19.1 Å². The van der Waals surface area contributed by atoms with Crippen molar-refractivity contribution in [2.75, 3.05) is 13.1 Å². The summed E-state index contributed by atoms with van der Waals surface area (Å²) < 4.78 is 14.7. The number of hydrogen-bond acceptors (Lipinski definition) is 4. The van der Waals surface area contributed by atoms with Crippen LogP contribution in [-0.4, -0.2) is 38.9 Å². The number of amides is 1. The summed E-state index contributed by atoms with van der Waals surface area (Å²) in [7, 11) is 0. The Labute approximate surface area is 170 Å². The minimum atomic E-state index is -0.326. The molecule has 29 heavy (non-hydrogen) atoms. The van der Waals surface area contributed by atoms with Crippen molar-refractivity contribution in [1.29, 1.82) is 0 Å². The van der Waals surface area contributed by atoms with Crippen LogP contribution in [0.25, 0.3) is 5.69 Å². The van der Waals surface area contributed by atoms with Crippen LogP contribution in [0.3, 0.4) is 0 Å². The first-order valence-corrected chi connectivity index (χ1v) is 9.79. The van der Waals surface area contributed by atoms with Crippen molar-refractivity contribution in [3.63, 3.8) is 0 Å². The van der Waals surface area contributed by atoms with E-state index in [1.807, 2.05) is 18.2 Å². The first-order valence-electron chi connectivity index (χ1n) is 9.79. The third-order valence-electron chi connectivity index (χ3n) is 5.03. The zero-order valence-electron chi connectivity index (χ0n) is 17.0. The lowest BCUT2D eigenvalue weighted by Crippen LogP contribution is -2.26. The van der Waals surface area contributed by atoms with E-state index in [-0.39, 0.29) is 17.4 Å². The monoisotopic (exact) mass is 395 g/mol. The zero-order valence-corrected chi connectivity index (χ0v) is 17.0. The number of nitrogens with zero attached hydrogens (tertiary/aromatic N) is 4. The van der Waals surface area contributed by atoms with Crippen LogP contribution in [0.1, 0.15) is 41.2 Å². The van der Waals surface area contributed by atoms with Gasteiger partial charge in [-0.15, -0.1) is 5.10 Å². The molecule has 0 radical (unpaired) electrons. The van der Waals surface area contributed by atoms with Crippen LogP contribution in [0.4, 0.5) is 4.39 Å². The second-order valence-electron chi connectivity index (χ2n) is 6.82. The molecule has 0 fully saturated rings. The molecule has 0 spiro atoms. The molecule has 0 aliphatic rings. The highest BCUT2D eigenvalue weighted by atomic mass is 19.1. The maximum Gasteiger partial charge on any atom is 0.274 e. The lowest BCUT2D eigenvalue weighted by atomic mass is 10.1. The van der Waals surface area contributed by atoms with Gasteiger partial charge in [0, 0.05) is 13.1 Å². The maximum atomic E-state index is 13.1. The summed E-state index contributed by atoms with van der Waals surface area (Å²) in [6.07, 6.45) is 0. The van der Waals surface area contributed by atoms with Crippen LogP contribution < -0.4 is 5.32 Å². The highest BCUT2D eigenvalue weighted by Gasteiger charge is 2.17. The predicted octanol–water partition coefficient (Wildman–Crippen LogP) is 3.49. The average Bonchev–Trinajstić information content (AvgIpc) is 3.13. The molecular formula is C22H26FN5O. The molecule has 1 N–H and O–H groups in total. The number of benzene rings is 2. The summed E-state index contributed by atoms with van der Waals surface area (Å²) >= 11 is 0. The van der Waals surface area contributed by atoms with Crippen LogP contribution in [0.5, 0.6) is 0 Å². The van der Waals surface area contributed by atoms with E-state index >= 15 is 0 Å². The van der Waals surface area contributed by atoms with Gasteiger partial charge in [-0.25, -0.2) is 9.07 Å². The van der Waals surface area contributed by atoms with Crippen molar-refractivity contribution in [1.82, 2.24) is 25.2 Å². The standard InChI is InChI=1S/C22H26FN5O/c1-4-27(5-2)15-18-9-7-6-8-17(18)14-24-22(29)21-16(3)28(26-25-21)20-12-10-19(23)11-13-20/h6-13H,4-5,14-15H2,1-3H3,(H,24,29). The molecule has 6 nitrogen and oxygen atoms in total. The van der Waals surface area contributed by atoms with Gasteiger partial charge in [0.25, 0.3) is 5.91 Å². The van der Waals surface area contributed by atoms with Crippen molar-refractivity contribution in [2.24, 2.45) is 0 Å². The predicted molar refractivity (Wildman–Crippen MR) is 110 cm³/mol. The highest BCUT2D eigenvalue weighted by molar-refractivity contribution is 5.93. The Morgan fingerprint density at radius 2 is 1.72 bits per heavy atom. The van der Waals surface area contributed by atoms with Gasteiger partial charge in [-0.3, -0.25) is 9.69 Å². The Kier molecular flexibility index (Phi) is 6.72. The molecule has 0 atom stereocenters. The van der Waals surface area contributed by atoms with Crippen molar-refractivity contribution < 1.29 is 9.18 Å². The van der Waals surface area contributed by atoms with Crippen molar-refractivity contribution in [3.05, 3.63) is 76.9 Å². The molecule has 1 amide bonds. The van der Waals surface area contributed by atoms with Gasteiger partial charge in [-0.2, -0.15) is 0 Å². The third kappa shape index (κ3) is 4.86. The van der Waals surface area contributed by atoms with E-state index in [1.165, 1.54) is 22.4 Å². The number of carbonyl (C=O) groups excluding carboxylic acids is 1. The second kappa shape index (κ2) is 9.43. The molecule has 2 aromatic carbocycles. The highest BCUT2D eigenvalue weighted by Crippen LogP contribution is 2.14.